The summed E-state index contributed by atoms with van der Waals surface area (Å²) in [7, 11) is 1.60. The number of ketones is 1. The molecule has 3 heteroatoms. The molecule has 0 radical (unpaired) electrons. The van der Waals surface area contributed by atoms with Crippen molar-refractivity contribution in [2.45, 2.75) is 33.1 Å². The van der Waals surface area contributed by atoms with Crippen LogP contribution < -0.4 is 4.74 Å². The van der Waals surface area contributed by atoms with E-state index in [0.29, 0.717) is 10.9 Å². The van der Waals surface area contributed by atoms with Gasteiger partial charge in [-0.3, -0.25) is 4.79 Å². The Labute approximate surface area is 112 Å². The molecule has 0 saturated carbocycles. The summed E-state index contributed by atoms with van der Waals surface area (Å²) in [4.78, 5) is 11.1. The molecule has 0 fully saturated rings. The van der Waals surface area contributed by atoms with E-state index in [0.717, 1.165) is 5.75 Å². The predicted molar refractivity (Wildman–Crippen MR) is 76.3 cm³/mol. The van der Waals surface area contributed by atoms with Crippen molar-refractivity contribution in [3.8, 4) is 5.75 Å². The lowest BCUT2D eigenvalue weighted by atomic mass is 10.1. The first-order chi connectivity index (χ1) is 8.19. The number of carbonyl (C=O) groups is 1. The highest BCUT2D eigenvalue weighted by Crippen LogP contribution is 2.12. The van der Waals surface area contributed by atoms with Crippen LogP contribution in [0.15, 0.2) is 24.3 Å². The Morgan fingerprint density at radius 1 is 1.18 bits per heavy atom. The Balaban J connectivity index is 0.000000437. The molecule has 0 amide bonds. The van der Waals surface area contributed by atoms with E-state index in [4.69, 9.17) is 4.74 Å². The topological polar surface area (TPSA) is 26.3 Å². The van der Waals surface area contributed by atoms with Gasteiger partial charge >= 0.3 is 0 Å². The number of halogens is 1. The van der Waals surface area contributed by atoms with E-state index in [9.17, 15) is 4.79 Å². The van der Waals surface area contributed by atoms with Crippen LogP contribution in [0.1, 0.15) is 43.5 Å². The minimum Gasteiger partial charge on any atom is -0.497 e. The highest BCUT2D eigenvalue weighted by atomic mass is 79.9. The van der Waals surface area contributed by atoms with Gasteiger partial charge in [0.25, 0.3) is 0 Å². The average Bonchev–Trinajstić information content (AvgIpc) is 2.39. The Kier molecular flexibility index (Phi) is 9.83. The third-order valence-electron chi connectivity index (χ3n) is 2.24. The fourth-order valence-electron chi connectivity index (χ4n) is 1.21. The number of hydrogen-bond donors (Lipinski definition) is 0. The number of benzene rings is 1. The zero-order valence-corrected chi connectivity index (χ0v) is 12.4. The molecule has 0 saturated heterocycles. The van der Waals surface area contributed by atoms with Gasteiger partial charge in [0, 0.05) is 5.56 Å². The van der Waals surface area contributed by atoms with Crippen LogP contribution in [0, 0.1) is 0 Å². The average molecular weight is 301 g/mol. The Hall–Kier alpha value is -0.830. The summed E-state index contributed by atoms with van der Waals surface area (Å²) in [6.45, 7) is 4.42. The van der Waals surface area contributed by atoms with Crippen molar-refractivity contribution in [3.05, 3.63) is 29.8 Å². The summed E-state index contributed by atoms with van der Waals surface area (Å²) in [5.41, 5.74) is 0.702. The van der Waals surface area contributed by atoms with Crippen molar-refractivity contribution in [3.63, 3.8) is 0 Å². The molecule has 1 aromatic rings. The monoisotopic (exact) mass is 300 g/mol. The van der Waals surface area contributed by atoms with Gasteiger partial charge in [-0.2, -0.15) is 0 Å². The normalized spacial score (nSPS) is 9.18. The predicted octanol–water partition coefficient (Wildman–Crippen LogP) is 4.47. The molecule has 0 atom stereocenters. The van der Waals surface area contributed by atoms with E-state index in [1.165, 1.54) is 19.3 Å². The number of unbranched alkanes of at least 4 members (excludes halogenated alkanes) is 2. The van der Waals surface area contributed by atoms with Crippen LogP contribution in [0.5, 0.6) is 5.75 Å². The zero-order chi connectivity index (χ0) is 13.1. The second-order valence-corrected chi connectivity index (χ2v) is 4.20. The molecule has 96 valence electrons. The molecule has 0 unspecified atom stereocenters. The molecule has 17 heavy (non-hydrogen) atoms. The molecule has 0 aliphatic carbocycles. The molecular weight excluding hydrogens is 280 g/mol. The molecule has 1 aromatic carbocycles. The minimum atomic E-state index is 0.0812. The van der Waals surface area contributed by atoms with Gasteiger partial charge in [-0.15, -0.1) is 0 Å². The van der Waals surface area contributed by atoms with Crippen molar-refractivity contribution < 1.29 is 9.53 Å². The van der Waals surface area contributed by atoms with E-state index in [-0.39, 0.29) is 5.78 Å². The van der Waals surface area contributed by atoms with Gasteiger partial charge < -0.3 is 4.74 Å². The molecule has 2 nitrogen and oxygen atoms in total. The third kappa shape index (κ3) is 7.16. The fraction of sp³-hybridized carbons (Fsp3) is 0.500. The van der Waals surface area contributed by atoms with Crippen molar-refractivity contribution >= 4 is 21.7 Å². The Morgan fingerprint density at radius 3 is 2.00 bits per heavy atom. The van der Waals surface area contributed by atoms with Gasteiger partial charge in [0.1, 0.15) is 5.75 Å². The Bertz CT molecular complexity index is 305. The minimum absolute atomic E-state index is 0.0812. The quantitative estimate of drug-likeness (QED) is 0.592. The highest BCUT2D eigenvalue weighted by molar-refractivity contribution is 9.09. The summed E-state index contributed by atoms with van der Waals surface area (Å²) in [5.74, 6) is 0.846. The molecule has 0 heterocycles. The van der Waals surface area contributed by atoms with Gasteiger partial charge in [-0.05, 0) is 24.3 Å². The van der Waals surface area contributed by atoms with E-state index in [2.05, 4.69) is 29.8 Å². The number of methoxy groups -OCH3 is 1. The van der Waals surface area contributed by atoms with Gasteiger partial charge in [0.05, 0.1) is 12.4 Å². The zero-order valence-electron chi connectivity index (χ0n) is 10.8. The van der Waals surface area contributed by atoms with Gasteiger partial charge in [0.2, 0.25) is 0 Å². The lowest BCUT2D eigenvalue weighted by molar-refractivity contribution is 0.102. The molecule has 0 N–H and O–H groups in total. The van der Waals surface area contributed by atoms with Crippen molar-refractivity contribution in [1.82, 2.24) is 0 Å². The molecule has 0 spiro atoms. The van der Waals surface area contributed by atoms with Crippen LogP contribution in [0.3, 0.4) is 0 Å². The SMILES string of the molecule is CCCCC.COc1ccc(C(=O)CBr)cc1. The maximum Gasteiger partial charge on any atom is 0.173 e. The highest BCUT2D eigenvalue weighted by Gasteiger charge is 2.02. The molecule has 0 aliphatic rings. The van der Waals surface area contributed by atoms with E-state index in [1.807, 2.05) is 0 Å². The summed E-state index contributed by atoms with van der Waals surface area (Å²) in [6, 6.07) is 7.05. The summed E-state index contributed by atoms with van der Waals surface area (Å²) >= 11 is 3.11. The van der Waals surface area contributed by atoms with Gasteiger partial charge in [-0.25, -0.2) is 0 Å². The van der Waals surface area contributed by atoms with Gasteiger partial charge in [-0.1, -0.05) is 49.0 Å². The van der Waals surface area contributed by atoms with Crippen molar-refractivity contribution in [2.75, 3.05) is 12.4 Å². The van der Waals surface area contributed by atoms with Crippen LogP contribution in [-0.2, 0) is 0 Å². The number of carbonyl (C=O) groups excluding carboxylic acids is 1. The lowest BCUT2D eigenvalue weighted by Crippen LogP contribution is -1.98. The third-order valence-corrected chi connectivity index (χ3v) is 2.75. The number of ether oxygens (including phenoxy) is 1. The van der Waals surface area contributed by atoms with Crippen molar-refractivity contribution in [2.24, 2.45) is 0 Å². The largest absolute Gasteiger partial charge is 0.497 e. The number of alkyl halides is 1. The maximum absolute atomic E-state index is 11.1. The Morgan fingerprint density at radius 2 is 1.71 bits per heavy atom. The molecular formula is C14H21BrO2. The first-order valence-electron chi connectivity index (χ1n) is 5.92. The summed E-state index contributed by atoms with van der Waals surface area (Å²) in [5, 5.41) is 0.360. The van der Waals surface area contributed by atoms with Gasteiger partial charge in [0.15, 0.2) is 5.78 Å². The molecule has 1 rings (SSSR count). The number of rotatable bonds is 5. The number of Topliss-reactive ketones (excluding diaryl/α,β-unsaturated/α-hetero) is 1. The second kappa shape index (κ2) is 10.3. The van der Waals surface area contributed by atoms with Crippen LogP contribution in [0.25, 0.3) is 0 Å². The molecule has 0 bridgehead atoms. The summed E-state index contributed by atoms with van der Waals surface area (Å²) in [6.07, 6.45) is 4.08. The first-order valence-corrected chi connectivity index (χ1v) is 7.04. The molecule has 0 aromatic heterocycles. The summed E-state index contributed by atoms with van der Waals surface area (Å²) < 4.78 is 4.96. The van der Waals surface area contributed by atoms with Crippen LogP contribution >= 0.6 is 15.9 Å². The smallest absolute Gasteiger partial charge is 0.173 e. The van der Waals surface area contributed by atoms with E-state index in [1.54, 1.807) is 31.4 Å². The van der Waals surface area contributed by atoms with E-state index >= 15 is 0 Å². The lowest BCUT2D eigenvalue weighted by Gasteiger charge is -1.99. The van der Waals surface area contributed by atoms with Crippen molar-refractivity contribution in [1.29, 1.82) is 0 Å². The first kappa shape index (κ1) is 16.2. The van der Waals surface area contributed by atoms with Crippen LogP contribution in [0.4, 0.5) is 0 Å². The maximum atomic E-state index is 11.1. The molecule has 0 aliphatic heterocycles. The standard InChI is InChI=1S/C9H9BrO2.C5H12/c1-12-8-4-2-7(3-5-8)9(11)6-10;1-3-5-4-2/h2-5H,6H2,1H3;3-5H2,1-2H3. The van der Waals surface area contributed by atoms with Crippen LogP contribution in [0.2, 0.25) is 0 Å². The fourth-order valence-corrected chi connectivity index (χ4v) is 1.53. The number of hydrogen-bond acceptors (Lipinski definition) is 2. The van der Waals surface area contributed by atoms with Crippen LogP contribution in [-0.4, -0.2) is 18.2 Å². The second-order valence-electron chi connectivity index (χ2n) is 3.64. The van der Waals surface area contributed by atoms with E-state index < -0.39 is 0 Å².